The molecule has 2 rings (SSSR count). The van der Waals surface area contributed by atoms with Crippen molar-refractivity contribution in [2.24, 2.45) is 0 Å². The van der Waals surface area contributed by atoms with Crippen molar-refractivity contribution in [2.45, 2.75) is 32.6 Å². The molecule has 1 amide bonds. The molecule has 0 bridgehead atoms. The Hall–Kier alpha value is -3.29. The van der Waals surface area contributed by atoms with E-state index in [1.807, 2.05) is 12.1 Å². The fraction of sp³-hybridized carbons (Fsp3) is 0.278. The molecule has 136 valence electrons. The summed E-state index contributed by atoms with van der Waals surface area (Å²) in [4.78, 5) is 32.6. The number of anilines is 1. The maximum atomic E-state index is 12.2. The van der Waals surface area contributed by atoms with Crippen LogP contribution >= 0.6 is 0 Å². The van der Waals surface area contributed by atoms with Gasteiger partial charge in [-0.25, -0.2) is 0 Å². The number of amides is 1. The van der Waals surface area contributed by atoms with E-state index in [2.05, 4.69) is 19.2 Å². The molecule has 0 saturated carbocycles. The first-order valence-electron chi connectivity index (χ1n) is 8.13. The van der Waals surface area contributed by atoms with Crippen molar-refractivity contribution in [3.63, 3.8) is 0 Å². The van der Waals surface area contributed by atoms with Gasteiger partial charge in [-0.15, -0.1) is 0 Å². The van der Waals surface area contributed by atoms with Gasteiger partial charge in [0.2, 0.25) is 5.91 Å². The second kappa shape index (κ2) is 8.19. The lowest BCUT2D eigenvalue weighted by Gasteiger charge is -2.10. The summed E-state index contributed by atoms with van der Waals surface area (Å²) in [6, 6.07) is 10.7. The molecular weight excluding hydrogens is 338 g/mol. The molecule has 2 aromatic carbocycles. The van der Waals surface area contributed by atoms with E-state index < -0.39 is 21.4 Å². The van der Waals surface area contributed by atoms with E-state index in [1.165, 1.54) is 6.07 Å². The highest BCUT2D eigenvalue weighted by Gasteiger charge is 2.21. The number of nitrogens with zero attached hydrogens (tertiary/aromatic N) is 2. The highest BCUT2D eigenvalue weighted by Crippen LogP contribution is 2.25. The summed E-state index contributed by atoms with van der Waals surface area (Å²) in [6.45, 7) is 4.21. The van der Waals surface area contributed by atoms with Crippen molar-refractivity contribution < 1.29 is 14.6 Å². The predicted molar refractivity (Wildman–Crippen MR) is 97.2 cm³/mol. The molecule has 0 aliphatic carbocycles. The minimum atomic E-state index is -0.726. The number of rotatable bonds is 7. The zero-order valence-corrected chi connectivity index (χ0v) is 14.5. The van der Waals surface area contributed by atoms with E-state index in [0.29, 0.717) is 11.6 Å². The number of hydrogen-bond acceptors (Lipinski definition) is 5. The molecule has 0 fully saturated rings. The summed E-state index contributed by atoms with van der Waals surface area (Å²) in [5.41, 5.74) is 1.04. The van der Waals surface area contributed by atoms with Gasteiger partial charge < -0.3 is 5.32 Å². The summed E-state index contributed by atoms with van der Waals surface area (Å²) >= 11 is 0. The van der Waals surface area contributed by atoms with Gasteiger partial charge in [0.1, 0.15) is 0 Å². The number of nitrogens with one attached hydrogen (secondary N) is 1. The zero-order valence-electron chi connectivity index (χ0n) is 14.5. The van der Waals surface area contributed by atoms with Gasteiger partial charge in [0.15, 0.2) is 0 Å². The van der Waals surface area contributed by atoms with Crippen LogP contribution in [0, 0.1) is 20.2 Å². The molecule has 26 heavy (non-hydrogen) atoms. The Balaban J connectivity index is 2.12. The fourth-order valence-electron chi connectivity index (χ4n) is 2.49. The van der Waals surface area contributed by atoms with Crippen LogP contribution in [0.5, 0.6) is 0 Å². The van der Waals surface area contributed by atoms with E-state index >= 15 is 0 Å². The molecule has 0 saturated heterocycles. The third-order valence-corrected chi connectivity index (χ3v) is 4.20. The van der Waals surface area contributed by atoms with Crippen LogP contribution in [0.3, 0.4) is 0 Å². The molecule has 8 heteroatoms. The number of hydrogen-bond donors (Lipinski definition) is 1. The van der Waals surface area contributed by atoms with Crippen molar-refractivity contribution >= 4 is 23.0 Å². The maximum absolute atomic E-state index is 12.2. The van der Waals surface area contributed by atoms with Gasteiger partial charge in [0.05, 0.1) is 22.3 Å². The smallest absolute Gasteiger partial charge is 0.279 e. The summed E-state index contributed by atoms with van der Waals surface area (Å²) in [7, 11) is 0. The molecule has 0 aromatic heterocycles. The second-order valence-corrected chi connectivity index (χ2v) is 5.98. The fourth-order valence-corrected chi connectivity index (χ4v) is 2.49. The first-order valence-corrected chi connectivity index (χ1v) is 8.13. The molecule has 0 aliphatic rings. The van der Waals surface area contributed by atoms with Gasteiger partial charge in [-0.2, -0.15) is 0 Å². The average molecular weight is 357 g/mol. The number of nitro groups is 2. The summed E-state index contributed by atoms with van der Waals surface area (Å²) in [5.74, 6) is -0.0132. The van der Waals surface area contributed by atoms with E-state index in [9.17, 15) is 25.0 Å². The van der Waals surface area contributed by atoms with Gasteiger partial charge >= 0.3 is 0 Å². The monoisotopic (exact) mass is 357 g/mol. The van der Waals surface area contributed by atoms with E-state index in [1.54, 1.807) is 12.1 Å². The van der Waals surface area contributed by atoms with Crippen LogP contribution in [-0.4, -0.2) is 15.8 Å². The SMILES string of the molecule is CCC(C)c1ccc(NC(=O)Cc2ccc([N+](=O)[O-])cc2[N+](=O)[O-])cc1. The number of carbonyl (C=O) groups excluding carboxylic acids is 1. The quantitative estimate of drug-likeness (QED) is 0.589. The lowest BCUT2D eigenvalue weighted by molar-refractivity contribution is -0.394. The van der Waals surface area contributed by atoms with Crippen LogP contribution in [0.25, 0.3) is 0 Å². The first-order chi connectivity index (χ1) is 12.3. The molecule has 8 nitrogen and oxygen atoms in total. The lowest BCUT2D eigenvalue weighted by Crippen LogP contribution is -2.15. The van der Waals surface area contributed by atoms with Crippen LogP contribution < -0.4 is 5.32 Å². The zero-order chi connectivity index (χ0) is 19.3. The van der Waals surface area contributed by atoms with Gasteiger partial charge in [-0.1, -0.05) is 26.0 Å². The number of non-ortho nitro benzene ring substituents is 1. The Morgan fingerprint density at radius 2 is 1.73 bits per heavy atom. The first kappa shape index (κ1) is 19.0. The van der Waals surface area contributed by atoms with Gasteiger partial charge in [-0.05, 0) is 36.1 Å². The van der Waals surface area contributed by atoms with Crippen molar-refractivity contribution in [3.8, 4) is 0 Å². The average Bonchev–Trinajstić information content (AvgIpc) is 2.61. The van der Waals surface area contributed by atoms with Gasteiger partial charge in [-0.3, -0.25) is 25.0 Å². The molecule has 0 radical (unpaired) electrons. The highest BCUT2D eigenvalue weighted by molar-refractivity contribution is 5.92. The minimum absolute atomic E-state index is 0.120. The standard InChI is InChI=1S/C18H19N3O5/c1-3-12(2)13-4-7-15(8-5-13)19-18(22)10-14-6-9-16(20(23)24)11-17(14)21(25)26/h4-9,11-12H,3,10H2,1-2H3,(H,19,22). The van der Waals surface area contributed by atoms with E-state index in [0.717, 1.165) is 24.1 Å². The molecule has 1 unspecified atom stereocenters. The van der Waals surface area contributed by atoms with Crippen molar-refractivity contribution in [1.29, 1.82) is 0 Å². The molecule has 1 atom stereocenters. The molecule has 0 heterocycles. The lowest BCUT2D eigenvalue weighted by atomic mass is 9.98. The summed E-state index contributed by atoms with van der Waals surface area (Å²) in [5, 5.41) is 24.6. The largest absolute Gasteiger partial charge is 0.326 e. The van der Waals surface area contributed by atoms with E-state index in [-0.39, 0.29) is 17.7 Å². The topological polar surface area (TPSA) is 115 Å². The Labute approximate surface area is 150 Å². The third kappa shape index (κ3) is 4.62. The van der Waals surface area contributed by atoms with Crippen LogP contribution in [0.1, 0.15) is 37.3 Å². The van der Waals surface area contributed by atoms with Crippen LogP contribution in [-0.2, 0) is 11.2 Å². The third-order valence-electron chi connectivity index (χ3n) is 4.20. The van der Waals surface area contributed by atoms with Crippen molar-refractivity contribution in [3.05, 3.63) is 73.8 Å². The number of carbonyl (C=O) groups is 1. The second-order valence-electron chi connectivity index (χ2n) is 5.98. The molecular formula is C18H19N3O5. The summed E-state index contributed by atoms with van der Waals surface area (Å²) < 4.78 is 0. The number of nitro benzene ring substituents is 2. The Kier molecular flexibility index (Phi) is 6.00. The van der Waals surface area contributed by atoms with Crippen LogP contribution in [0.4, 0.5) is 17.1 Å². The van der Waals surface area contributed by atoms with Crippen molar-refractivity contribution in [1.82, 2.24) is 0 Å². The van der Waals surface area contributed by atoms with Gasteiger partial charge in [0, 0.05) is 17.3 Å². The normalized spacial score (nSPS) is 11.6. The maximum Gasteiger partial charge on any atom is 0.279 e. The predicted octanol–water partition coefficient (Wildman–Crippen LogP) is 4.20. The molecule has 1 N–H and O–H groups in total. The molecule has 2 aromatic rings. The van der Waals surface area contributed by atoms with Crippen LogP contribution in [0.15, 0.2) is 42.5 Å². The van der Waals surface area contributed by atoms with E-state index in [4.69, 9.17) is 0 Å². The Morgan fingerprint density at radius 3 is 2.27 bits per heavy atom. The minimum Gasteiger partial charge on any atom is -0.326 e. The van der Waals surface area contributed by atoms with Crippen molar-refractivity contribution in [2.75, 3.05) is 5.32 Å². The van der Waals surface area contributed by atoms with Gasteiger partial charge in [0.25, 0.3) is 11.4 Å². The molecule has 0 aliphatic heterocycles. The summed E-state index contributed by atoms with van der Waals surface area (Å²) in [6.07, 6.45) is 0.761. The number of benzene rings is 2. The Bertz CT molecular complexity index is 833. The molecule has 0 spiro atoms. The highest BCUT2D eigenvalue weighted by atomic mass is 16.6. The Morgan fingerprint density at radius 1 is 1.08 bits per heavy atom. The van der Waals surface area contributed by atoms with Crippen LogP contribution in [0.2, 0.25) is 0 Å².